The fourth-order valence-corrected chi connectivity index (χ4v) is 3.66. The molecular formula is C13H21ClN4OS. The van der Waals surface area contributed by atoms with Gasteiger partial charge in [0, 0.05) is 11.8 Å². The fourth-order valence-electron chi connectivity index (χ4n) is 2.91. The van der Waals surface area contributed by atoms with Crippen molar-refractivity contribution in [1.82, 2.24) is 15.5 Å². The van der Waals surface area contributed by atoms with Crippen LogP contribution in [-0.4, -0.2) is 29.2 Å². The number of halogens is 1. The number of hydrogen-bond acceptors (Lipinski definition) is 5. The molecule has 1 aromatic rings. The van der Waals surface area contributed by atoms with E-state index < -0.39 is 0 Å². The molecule has 20 heavy (non-hydrogen) atoms. The van der Waals surface area contributed by atoms with Crippen LogP contribution in [0.4, 0.5) is 5.13 Å². The van der Waals surface area contributed by atoms with Crippen LogP contribution in [0.5, 0.6) is 0 Å². The first-order valence-corrected chi connectivity index (χ1v) is 7.77. The van der Waals surface area contributed by atoms with Crippen LogP contribution in [0.15, 0.2) is 0 Å². The standard InChI is InChI=1S/C13H20N4OS.ClH/c1-8(2)11-16-17-12(19-11)15-10(18)9-7-13(9)3-5-14-6-4-13;/h8-9,14H,3-7H2,1-2H3,(H,15,17,18);1H. The normalized spacial score (nSPS) is 23.4. The number of hydrogen-bond donors (Lipinski definition) is 2. The molecular weight excluding hydrogens is 296 g/mol. The quantitative estimate of drug-likeness (QED) is 0.898. The zero-order chi connectivity index (χ0) is 13.5. The zero-order valence-corrected chi connectivity index (χ0v) is 13.4. The predicted octanol–water partition coefficient (Wildman–Crippen LogP) is 2.41. The summed E-state index contributed by atoms with van der Waals surface area (Å²) in [6.07, 6.45) is 3.28. The molecule has 2 aliphatic rings. The molecule has 1 aliphatic carbocycles. The van der Waals surface area contributed by atoms with Crippen LogP contribution < -0.4 is 10.6 Å². The Bertz CT molecular complexity index is 484. The lowest BCUT2D eigenvalue weighted by Crippen LogP contribution is -2.31. The summed E-state index contributed by atoms with van der Waals surface area (Å²) >= 11 is 1.48. The maximum absolute atomic E-state index is 12.2. The Hall–Kier alpha value is -0.720. The van der Waals surface area contributed by atoms with Gasteiger partial charge in [-0.05, 0) is 37.8 Å². The zero-order valence-electron chi connectivity index (χ0n) is 11.8. The molecule has 1 amide bonds. The number of aromatic nitrogens is 2. The maximum atomic E-state index is 12.2. The van der Waals surface area contributed by atoms with Crippen LogP contribution in [0, 0.1) is 11.3 Å². The van der Waals surface area contributed by atoms with Gasteiger partial charge in [0.1, 0.15) is 5.01 Å². The highest BCUT2D eigenvalue weighted by Crippen LogP contribution is 2.58. The number of carbonyl (C=O) groups is 1. The molecule has 2 heterocycles. The minimum absolute atomic E-state index is 0. The molecule has 0 radical (unpaired) electrons. The predicted molar refractivity (Wildman–Crippen MR) is 82.5 cm³/mol. The first kappa shape index (κ1) is 15.7. The molecule has 112 valence electrons. The minimum Gasteiger partial charge on any atom is -0.317 e. The van der Waals surface area contributed by atoms with Crippen molar-refractivity contribution in [2.75, 3.05) is 18.4 Å². The number of amides is 1. The summed E-state index contributed by atoms with van der Waals surface area (Å²) in [6, 6.07) is 0. The molecule has 1 aliphatic heterocycles. The van der Waals surface area contributed by atoms with Gasteiger partial charge in [0.25, 0.3) is 0 Å². The Kier molecular flexibility index (Phi) is 4.66. The number of rotatable bonds is 3. The molecule has 0 aromatic carbocycles. The smallest absolute Gasteiger partial charge is 0.229 e. The Morgan fingerprint density at radius 1 is 1.40 bits per heavy atom. The van der Waals surface area contributed by atoms with E-state index in [-0.39, 0.29) is 29.6 Å². The summed E-state index contributed by atoms with van der Waals surface area (Å²) in [4.78, 5) is 12.2. The van der Waals surface area contributed by atoms with E-state index >= 15 is 0 Å². The molecule has 2 fully saturated rings. The van der Waals surface area contributed by atoms with Gasteiger partial charge in [-0.1, -0.05) is 25.2 Å². The number of anilines is 1. The molecule has 5 nitrogen and oxygen atoms in total. The van der Waals surface area contributed by atoms with Gasteiger partial charge in [0.2, 0.25) is 11.0 Å². The Morgan fingerprint density at radius 2 is 2.10 bits per heavy atom. The van der Waals surface area contributed by atoms with Gasteiger partial charge in [-0.15, -0.1) is 22.6 Å². The third-order valence-electron chi connectivity index (χ3n) is 4.27. The van der Waals surface area contributed by atoms with E-state index in [1.165, 1.54) is 11.3 Å². The Labute approximate surface area is 129 Å². The van der Waals surface area contributed by atoms with Gasteiger partial charge in [-0.2, -0.15) is 0 Å². The van der Waals surface area contributed by atoms with Gasteiger partial charge < -0.3 is 10.6 Å². The number of nitrogens with zero attached hydrogens (tertiary/aromatic N) is 2. The van der Waals surface area contributed by atoms with Crippen molar-refractivity contribution >= 4 is 34.8 Å². The molecule has 2 N–H and O–H groups in total. The minimum atomic E-state index is 0. The average Bonchev–Trinajstić information content (AvgIpc) is 2.86. The van der Waals surface area contributed by atoms with E-state index in [2.05, 4.69) is 34.7 Å². The summed E-state index contributed by atoms with van der Waals surface area (Å²) in [5, 5.41) is 16.0. The molecule has 7 heteroatoms. The van der Waals surface area contributed by atoms with E-state index in [1.54, 1.807) is 0 Å². The van der Waals surface area contributed by atoms with Gasteiger partial charge >= 0.3 is 0 Å². The third-order valence-corrected chi connectivity index (χ3v) is 5.41. The molecule has 1 aromatic heterocycles. The Morgan fingerprint density at radius 3 is 2.70 bits per heavy atom. The molecule has 1 spiro atoms. The molecule has 3 rings (SSSR count). The molecule has 1 atom stereocenters. The maximum Gasteiger partial charge on any atom is 0.229 e. The van der Waals surface area contributed by atoms with Crippen molar-refractivity contribution in [2.45, 2.75) is 39.0 Å². The lowest BCUT2D eigenvalue weighted by Gasteiger charge is -2.22. The topological polar surface area (TPSA) is 66.9 Å². The molecule has 1 saturated carbocycles. The third kappa shape index (κ3) is 2.97. The number of piperidine rings is 1. The summed E-state index contributed by atoms with van der Waals surface area (Å²) in [5.74, 6) is 0.675. The second-order valence-electron chi connectivity index (χ2n) is 5.96. The number of nitrogens with one attached hydrogen (secondary N) is 2. The first-order chi connectivity index (χ1) is 9.11. The SMILES string of the molecule is CC(C)c1nnc(NC(=O)C2CC23CCNCC3)s1.Cl. The van der Waals surface area contributed by atoms with E-state index in [0.29, 0.717) is 11.0 Å². The summed E-state index contributed by atoms with van der Waals surface area (Å²) < 4.78 is 0. The highest BCUT2D eigenvalue weighted by atomic mass is 35.5. The highest BCUT2D eigenvalue weighted by molar-refractivity contribution is 7.15. The van der Waals surface area contributed by atoms with Crippen LogP contribution in [0.1, 0.15) is 44.0 Å². The monoisotopic (exact) mass is 316 g/mol. The molecule has 1 unspecified atom stereocenters. The van der Waals surface area contributed by atoms with Crippen molar-refractivity contribution in [2.24, 2.45) is 11.3 Å². The first-order valence-electron chi connectivity index (χ1n) is 6.96. The summed E-state index contributed by atoms with van der Waals surface area (Å²) in [7, 11) is 0. The van der Waals surface area contributed by atoms with Gasteiger partial charge in [-0.3, -0.25) is 4.79 Å². The van der Waals surface area contributed by atoms with Gasteiger partial charge in [0.05, 0.1) is 0 Å². The van der Waals surface area contributed by atoms with Gasteiger partial charge in [-0.25, -0.2) is 0 Å². The largest absolute Gasteiger partial charge is 0.317 e. The lowest BCUT2D eigenvalue weighted by molar-refractivity contribution is -0.118. The summed E-state index contributed by atoms with van der Waals surface area (Å²) in [6.45, 7) is 6.24. The van der Waals surface area contributed by atoms with Crippen molar-refractivity contribution in [3.05, 3.63) is 5.01 Å². The van der Waals surface area contributed by atoms with Crippen molar-refractivity contribution in [1.29, 1.82) is 0 Å². The van der Waals surface area contributed by atoms with Crippen LogP contribution in [0.2, 0.25) is 0 Å². The molecule has 1 saturated heterocycles. The van der Waals surface area contributed by atoms with E-state index in [0.717, 1.165) is 37.4 Å². The van der Waals surface area contributed by atoms with Crippen LogP contribution in [-0.2, 0) is 4.79 Å². The van der Waals surface area contributed by atoms with E-state index in [4.69, 9.17) is 0 Å². The average molecular weight is 317 g/mol. The second-order valence-corrected chi connectivity index (χ2v) is 6.97. The Balaban J connectivity index is 0.00000147. The second kappa shape index (κ2) is 5.95. The van der Waals surface area contributed by atoms with Crippen molar-refractivity contribution in [3.8, 4) is 0 Å². The fraction of sp³-hybridized carbons (Fsp3) is 0.769. The van der Waals surface area contributed by atoms with Crippen LogP contribution >= 0.6 is 23.7 Å². The highest BCUT2D eigenvalue weighted by Gasteiger charge is 2.57. The summed E-state index contributed by atoms with van der Waals surface area (Å²) in [5.41, 5.74) is 0.279. The van der Waals surface area contributed by atoms with Crippen molar-refractivity contribution < 1.29 is 4.79 Å². The lowest BCUT2D eigenvalue weighted by atomic mass is 9.92. The van der Waals surface area contributed by atoms with Crippen LogP contribution in [0.3, 0.4) is 0 Å². The number of carbonyl (C=O) groups excluding carboxylic acids is 1. The van der Waals surface area contributed by atoms with Gasteiger partial charge in [0.15, 0.2) is 0 Å². The van der Waals surface area contributed by atoms with Crippen LogP contribution in [0.25, 0.3) is 0 Å². The molecule has 0 bridgehead atoms. The van der Waals surface area contributed by atoms with E-state index in [1.807, 2.05) is 0 Å². The van der Waals surface area contributed by atoms with Crippen molar-refractivity contribution in [3.63, 3.8) is 0 Å². The van der Waals surface area contributed by atoms with E-state index in [9.17, 15) is 4.79 Å².